The van der Waals surface area contributed by atoms with E-state index in [4.69, 9.17) is 31.8 Å². The minimum Gasteiger partial charge on any atom is -0.497 e. The second kappa shape index (κ2) is 26.4. The first kappa shape index (κ1) is 55.7. The topological polar surface area (TPSA) is 208 Å². The van der Waals surface area contributed by atoms with Crippen molar-refractivity contribution in [1.29, 1.82) is 0 Å². The van der Waals surface area contributed by atoms with Crippen LogP contribution < -0.4 is 18.9 Å². The lowest BCUT2D eigenvalue weighted by Crippen LogP contribution is -2.30. The van der Waals surface area contributed by atoms with E-state index in [0.29, 0.717) is 37.3 Å². The highest BCUT2D eigenvalue weighted by Crippen LogP contribution is 2.38. The monoisotopic (exact) mass is 1140 g/mol. The number of ether oxygens (including phenoxy) is 4. The van der Waals surface area contributed by atoms with Crippen LogP contribution in [0.5, 0.6) is 23.0 Å². The van der Waals surface area contributed by atoms with Crippen LogP contribution in [-0.2, 0) is 52.8 Å². The molecule has 0 amide bonds. The summed E-state index contributed by atoms with van der Waals surface area (Å²) in [4.78, 5) is 0. The van der Waals surface area contributed by atoms with Crippen molar-refractivity contribution < 1.29 is 35.8 Å². The Hall–Kier alpha value is -6.63. The van der Waals surface area contributed by atoms with E-state index in [0.717, 1.165) is 57.4 Å². The average molecular weight is 1140 g/mol. The summed E-state index contributed by atoms with van der Waals surface area (Å²) in [5.74, 6) is 8.06. The number of aromatic nitrogens is 4. The van der Waals surface area contributed by atoms with Gasteiger partial charge >= 0.3 is 0 Å². The third kappa shape index (κ3) is 16.2. The molecular weight excluding hydrogens is 1080 g/mol. The van der Waals surface area contributed by atoms with Crippen molar-refractivity contribution in [3.05, 3.63) is 144 Å². The van der Waals surface area contributed by atoms with Crippen molar-refractivity contribution in [3.63, 3.8) is 0 Å². The Labute approximate surface area is 441 Å². The largest absolute Gasteiger partial charge is 0.497 e. The number of hydrogen-bond donors (Lipinski definition) is 1. The first-order valence-electron chi connectivity index (χ1n) is 23.1. The van der Waals surface area contributed by atoms with Crippen LogP contribution >= 0.6 is 22.6 Å². The van der Waals surface area contributed by atoms with Gasteiger partial charge in [0, 0.05) is 81.9 Å². The quantitative estimate of drug-likeness (QED) is 0.0326. The van der Waals surface area contributed by atoms with E-state index in [2.05, 4.69) is 70.2 Å². The molecule has 18 nitrogen and oxygen atoms in total. The van der Waals surface area contributed by atoms with Gasteiger partial charge in [0.05, 0.1) is 34.6 Å². The summed E-state index contributed by atoms with van der Waals surface area (Å²) >= 11 is 2.33. The second-order valence-electron chi connectivity index (χ2n) is 16.7. The van der Waals surface area contributed by atoms with Crippen LogP contribution in [0.3, 0.4) is 0 Å². The maximum absolute atomic E-state index is 13.7. The third-order valence-electron chi connectivity index (χ3n) is 11.7. The molecule has 0 saturated carbocycles. The molecule has 0 unspecified atom stereocenters. The fourth-order valence-corrected chi connectivity index (χ4v) is 10.8. The van der Waals surface area contributed by atoms with E-state index in [1.54, 1.807) is 39.3 Å². The van der Waals surface area contributed by atoms with Crippen LogP contribution in [0.25, 0.3) is 0 Å². The van der Waals surface area contributed by atoms with E-state index >= 15 is 0 Å². The van der Waals surface area contributed by atoms with Crippen LogP contribution in [-0.4, -0.2) is 89.6 Å². The first-order chi connectivity index (χ1) is 35.2. The smallest absolute Gasteiger partial charge is 0.262 e. The minimum absolute atomic E-state index is 0.00753. The highest BCUT2D eigenvalue weighted by atomic mass is 127. The number of aryl methyl sites for hydroxylation is 1. The standard InChI is InChI=1S/C26H29N5O4S.C19H21N3O4S.C7H9IN2/c1-4-5-15-26(28-29-26)16-18-30-17-14-25(27-30)36(32,33)31(19-21-6-10-23(34-2)11-7-21)20-22-8-12-24(35-3)13-9-22;1-25-17-7-3-15(4-8-17)13-22(27(23,24)19-11-12-20-21-19)14-16-5-9-18(26-2)10-6-16;1-2-3-4-7(5-6-8)9-10-7/h1,6-14,17H,5,15-16,18-20H2,2-3H3;3-12H,13-14H2,1-2H3,(H,20,21);1H,3-6H2. The maximum atomic E-state index is 13.7. The van der Waals surface area contributed by atoms with Gasteiger partial charge < -0.3 is 18.9 Å². The van der Waals surface area contributed by atoms with Crippen LogP contribution in [0.2, 0.25) is 0 Å². The lowest BCUT2D eigenvalue weighted by molar-refractivity contribution is 0.393. The summed E-state index contributed by atoms with van der Waals surface area (Å²) in [5, 5.41) is 27.0. The molecule has 0 radical (unpaired) electrons. The molecule has 0 aliphatic carbocycles. The Kier molecular flexibility index (Phi) is 20.1. The Morgan fingerprint density at radius 2 is 0.945 bits per heavy atom. The number of terminal acetylenes is 2. The Morgan fingerprint density at radius 3 is 1.27 bits per heavy atom. The van der Waals surface area contributed by atoms with Crippen molar-refractivity contribution in [3.8, 4) is 47.7 Å². The number of benzene rings is 4. The number of aromatic amines is 1. The van der Waals surface area contributed by atoms with Gasteiger partial charge in [0.1, 0.15) is 23.0 Å². The zero-order valence-electron chi connectivity index (χ0n) is 41.2. The van der Waals surface area contributed by atoms with Gasteiger partial charge in [-0.2, -0.15) is 39.3 Å². The number of nitrogens with one attached hydrogen (secondary N) is 1. The number of nitrogens with zero attached hydrogens (tertiary/aromatic N) is 9. The molecule has 73 heavy (non-hydrogen) atoms. The Balaban J connectivity index is 0.000000205. The van der Waals surface area contributed by atoms with E-state index in [9.17, 15) is 16.8 Å². The molecule has 384 valence electrons. The molecule has 2 aromatic heterocycles. The molecular formula is C52H59IN10O8S2. The molecule has 0 spiro atoms. The van der Waals surface area contributed by atoms with Crippen molar-refractivity contribution >= 4 is 42.6 Å². The summed E-state index contributed by atoms with van der Waals surface area (Å²) in [6, 6.07) is 32.3. The summed E-state index contributed by atoms with van der Waals surface area (Å²) in [7, 11) is -1.26. The number of hydrogen-bond acceptors (Lipinski definition) is 14. The maximum Gasteiger partial charge on any atom is 0.262 e. The van der Waals surface area contributed by atoms with Crippen molar-refractivity contribution in [2.45, 2.75) is 92.6 Å². The molecule has 8 rings (SSSR count). The predicted octanol–water partition coefficient (Wildman–Crippen LogP) is 9.46. The Morgan fingerprint density at radius 1 is 0.562 bits per heavy atom. The fraction of sp³-hybridized carbons (Fsp3) is 0.346. The molecule has 21 heteroatoms. The molecule has 0 bridgehead atoms. The number of rotatable bonds is 25. The van der Waals surface area contributed by atoms with Gasteiger partial charge in [-0.3, -0.25) is 9.78 Å². The van der Waals surface area contributed by atoms with E-state index in [-0.39, 0.29) is 41.9 Å². The van der Waals surface area contributed by atoms with Gasteiger partial charge in [0.15, 0.2) is 21.4 Å². The lowest BCUT2D eigenvalue weighted by atomic mass is 10.0. The summed E-state index contributed by atoms with van der Waals surface area (Å²) in [6.07, 6.45) is 18.3. The lowest BCUT2D eigenvalue weighted by Gasteiger charge is -2.22. The number of sulfonamides is 2. The second-order valence-corrected chi connectivity index (χ2v) is 21.6. The van der Waals surface area contributed by atoms with Gasteiger partial charge in [-0.15, -0.1) is 24.7 Å². The van der Waals surface area contributed by atoms with Crippen molar-refractivity contribution in [2.24, 2.45) is 20.5 Å². The molecule has 4 heterocycles. The van der Waals surface area contributed by atoms with Crippen molar-refractivity contribution in [1.82, 2.24) is 28.6 Å². The molecule has 1 N–H and O–H groups in total. The van der Waals surface area contributed by atoms with Crippen LogP contribution in [0.4, 0.5) is 0 Å². The predicted molar refractivity (Wildman–Crippen MR) is 285 cm³/mol. The van der Waals surface area contributed by atoms with Gasteiger partial charge in [0.25, 0.3) is 20.0 Å². The molecule has 2 aliphatic rings. The fourth-order valence-electron chi connectivity index (χ4n) is 7.23. The highest BCUT2D eigenvalue weighted by Gasteiger charge is 2.39. The molecule has 2 aliphatic heterocycles. The molecule has 0 saturated heterocycles. The third-order valence-corrected chi connectivity index (χ3v) is 15.7. The zero-order chi connectivity index (χ0) is 52.3. The summed E-state index contributed by atoms with van der Waals surface area (Å²) in [6.45, 7) is 1.29. The van der Waals surface area contributed by atoms with Crippen LogP contribution in [0, 0.1) is 24.7 Å². The molecule has 0 fully saturated rings. The zero-order valence-corrected chi connectivity index (χ0v) is 45.0. The summed E-state index contributed by atoms with van der Waals surface area (Å²) < 4.78 is 79.8. The van der Waals surface area contributed by atoms with Crippen LogP contribution in [0.1, 0.15) is 60.8 Å². The van der Waals surface area contributed by atoms with Gasteiger partial charge in [-0.1, -0.05) is 71.1 Å². The summed E-state index contributed by atoms with van der Waals surface area (Å²) in [5.41, 5.74) is 2.87. The van der Waals surface area contributed by atoms with E-state index in [1.165, 1.54) is 26.9 Å². The van der Waals surface area contributed by atoms with E-state index < -0.39 is 25.7 Å². The average Bonchev–Trinajstić information content (AvgIpc) is 4.21. The molecule has 6 aromatic rings. The normalized spacial score (nSPS) is 13.7. The van der Waals surface area contributed by atoms with E-state index in [1.807, 2.05) is 97.1 Å². The Bertz CT molecular complexity index is 2940. The van der Waals surface area contributed by atoms with Gasteiger partial charge in [-0.05, 0) is 82.9 Å². The number of alkyl halides is 1. The number of H-pyrrole nitrogens is 1. The molecule has 0 atom stereocenters. The van der Waals surface area contributed by atoms with Crippen LogP contribution in [0.15, 0.2) is 152 Å². The number of halogens is 1. The SMILES string of the molecule is C#CCCC1(CCI)N=N1.C#CCCC1(CCn2ccc(S(=O)(=O)N(Cc3ccc(OC)cc3)Cc3ccc(OC)cc3)n2)N=N1.COc1ccc(CN(Cc2ccc(OC)cc2)S(=O)(=O)c2ccn[nH]2)cc1. The minimum atomic E-state index is -3.89. The van der Waals surface area contributed by atoms with Gasteiger partial charge in [-0.25, -0.2) is 16.8 Å². The molecule has 4 aromatic carbocycles. The first-order valence-corrected chi connectivity index (χ1v) is 27.5. The van der Waals surface area contributed by atoms with Gasteiger partial charge in [0.2, 0.25) is 0 Å². The number of methoxy groups -OCH3 is 4. The highest BCUT2D eigenvalue weighted by molar-refractivity contribution is 14.1. The van der Waals surface area contributed by atoms with Crippen molar-refractivity contribution in [2.75, 3.05) is 32.9 Å².